The fraction of sp³-hybridized carbons (Fsp3) is 0.510. The summed E-state index contributed by atoms with van der Waals surface area (Å²) in [5.41, 5.74) is -2.25. The van der Waals surface area contributed by atoms with E-state index in [1.54, 1.807) is 111 Å². The van der Waals surface area contributed by atoms with Crippen molar-refractivity contribution in [2.45, 2.75) is 298 Å². The zero-order valence-electron chi connectivity index (χ0n) is 84.6. The highest BCUT2D eigenvalue weighted by Gasteiger charge is 2.53. The molecule has 0 unspecified atom stereocenters. The number of primary amides is 1. The number of cyclic esters (lactones) is 1. The van der Waals surface area contributed by atoms with Crippen molar-refractivity contribution in [2.24, 2.45) is 11.1 Å². The summed E-state index contributed by atoms with van der Waals surface area (Å²) in [7, 11) is 0. The number of benzene rings is 4. The van der Waals surface area contributed by atoms with E-state index in [2.05, 4.69) is 95.7 Å². The molecule has 0 saturated carbocycles. The number of carbonyl (C=O) groups excluding carboxylic acids is 18. The predicted molar refractivity (Wildman–Crippen MR) is 548 cm³/mol. The third-order valence-electron chi connectivity index (χ3n) is 26.8. The molecule has 3 spiro atoms. The van der Waals surface area contributed by atoms with Crippen molar-refractivity contribution in [2.75, 3.05) is 32.8 Å². The van der Waals surface area contributed by atoms with Gasteiger partial charge >= 0.3 is 24.0 Å². The molecular weight excluding hydrogens is 2010 g/mol. The monoisotopic (exact) mass is 2150 g/mol. The third kappa shape index (κ3) is 33.2. The second-order valence-corrected chi connectivity index (χ2v) is 42.0. The number of aliphatic carboxylic acids is 2. The molecular formula is C104H135BrN18O25S. The van der Waals surface area contributed by atoms with Crippen LogP contribution in [0.5, 0.6) is 0 Å². The first-order valence-electron chi connectivity index (χ1n) is 49.9. The highest BCUT2D eigenvalue weighted by atomic mass is 79.9. The largest absolute Gasteiger partial charge is 0.481 e. The Kier molecular flexibility index (Phi) is 41.7. The minimum absolute atomic E-state index is 0.00155. The Morgan fingerprint density at radius 3 is 1.74 bits per heavy atom. The van der Waals surface area contributed by atoms with E-state index in [0.717, 1.165) is 9.60 Å². The number of amides is 18. The Hall–Kier alpha value is -14.5. The molecule has 4 aromatic carbocycles. The summed E-state index contributed by atoms with van der Waals surface area (Å²) in [6, 6.07) is 8.67. The molecule has 18 amide bonds. The molecule has 804 valence electrons. The van der Waals surface area contributed by atoms with E-state index in [1.807, 2.05) is 18.2 Å². The summed E-state index contributed by atoms with van der Waals surface area (Å²) in [5, 5.41) is 73.8. The van der Waals surface area contributed by atoms with Crippen molar-refractivity contribution < 1.29 is 121 Å². The number of thiophene rings is 1. The molecule has 20 N–H and O–H groups in total. The van der Waals surface area contributed by atoms with E-state index in [1.165, 1.54) is 75.1 Å². The van der Waals surface area contributed by atoms with Crippen molar-refractivity contribution in [1.82, 2.24) is 89.6 Å². The second kappa shape index (κ2) is 53.4. The van der Waals surface area contributed by atoms with Crippen LogP contribution in [0.1, 0.15) is 216 Å². The molecule has 5 aliphatic heterocycles. The maximum Gasteiger partial charge on any atom is 0.409 e. The van der Waals surface area contributed by atoms with Crippen molar-refractivity contribution in [3.05, 3.63) is 165 Å². The summed E-state index contributed by atoms with van der Waals surface area (Å²) in [4.78, 5) is 310. The first-order valence-corrected chi connectivity index (χ1v) is 51.6. The number of carbonyl (C=O) groups is 21. The standard InChI is InChI=1S/C104H135BrN18O25S/c1-60(83(106)130)108-85(132)71-39-40-80(125)107-46-26-22-37-70-91(138)121-103(97(145)116-75(53-65-33-18-20-36-69(65)105)88(135)114-74(87(134)111-71)54-67-58-149-79-38-21-19-35-68(67)79)45-48-122(59-103)99(147)148-49-27-14-10-9-11-23-41-102(42-24-12-13-25-43-104(44-29-47-123(104)62(3)124)98(146)118-77(56-82(128)129)90(137)115-78(93(140)120-102)57-100(4,5)6)96(144)117-76(55-81(126)127)89(136)113-73(52-64-32-28-34-66(50-64)94(141)142)92(139)119-101(7,8)95(143)109-61(2)84(131)112-72(86(133)110-70)51-63-30-16-15-17-31-63/h9-10,13,15-21,25,28,30-36,38,50,58,60-61,70-78H,11-12,14,22-24,26-27,29,37,39-49,51-57,59H2,1-8H3,(H2,106,130)(H,107,125)(H,108,132)(H,109,143)(H,110,133)(H,111,134)(H,112,131)(H,113,136)(H,114,135)(H,115,137)(H,116,145)(H,117,144)(H,118,146)(H,119,139)(H,120,140)(H,121,138)(H,126,127)(H,128,129)(H,141,142)/b10-9+,25-13-/t60-,61-,70-,71-,72-,73-,74-,75-,76-,77-,78-,102-,103-,104-/m0/s1. The normalized spacial score (nSPS) is 26.4. The van der Waals surface area contributed by atoms with Crippen LogP contribution in [0.25, 0.3) is 10.1 Å². The van der Waals surface area contributed by atoms with E-state index in [4.69, 9.17) is 10.5 Å². The van der Waals surface area contributed by atoms with Gasteiger partial charge < -0.3 is 115 Å². The molecule has 14 atom stereocenters. The number of hydrogen-bond acceptors (Lipinski definition) is 23. The molecule has 0 radical (unpaired) electrons. The molecule has 10 rings (SSSR count). The maximum absolute atomic E-state index is 16.2. The molecule has 45 heteroatoms. The average molecular weight is 2150 g/mol. The SMILES string of the molecule is CC(=O)N1CCC[C@]12C/C=C\CCC[C@]1(CCC/C=C/CCCOC(=O)N3CC[C@@]4(C3)NC(=O)[C@H](CCCCNC(=O)CC[C@@H](C(=O)N[C@@H](C)C(N)=O)NC(=O)[C@H](Cc3csc5ccccc35)NC(=O)[C@H](Cc3ccccc3Br)NC4=O)NC(=O)[C@H](Cc3ccccc3)NC(=O)[C@H](C)NC(=O)C(C)(C)NC(=O)[C@H](Cc3cccc(C(=O)O)c3)NC(=O)[C@H](CC(=O)O)NC1=O)NC(=O)[C@H](CC(C)(C)C)NC(=O)[C@H](CC(=O)O)NC2=O. The first-order chi connectivity index (χ1) is 70.6. The minimum atomic E-state index is -2.25. The molecule has 5 aliphatic rings. The second-order valence-electron chi connectivity index (χ2n) is 40.2. The predicted octanol–water partition coefficient (Wildman–Crippen LogP) is 3.44. The van der Waals surface area contributed by atoms with Gasteiger partial charge in [0.15, 0.2) is 0 Å². The fourth-order valence-electron chi connectivity index (χ4n) is 18.6. The Morgan fingerprint density at radius 1 is 0.530 bits per heavy atom. The molecule has 149 heavy (non-hydrogen) atoms. The molecule has 6 heterocycles. The number of aromatic carboxylic acids is 1. The summed E-state index contributed by atoms with van der Waals surface area (Å²) in [5.74, 6) is -21.5. The van der Waals surface area contributed by atoms with E-state index in [9.17, 15) is 72.9 Å². The highest BCUT2D eigenvalue weighted by Crippen LogP contribution is 2.36. The van der Waals surface area contributed by atoms with Crippen molar-refractivity contribution in [1.29, 1.82) is 0 Å². The van der Waals surface area contributed by atoms with Gasteiger partial charge in [-0.1, -0.05) is 140 Å². The van der Waals surface area contributed by atoms with Gasteiger partial charge in [-0.25, -0.2) is 9.59 Å². The van der Waals surface area contributed by atoms with Gasteiger partial charge in [-0.15, -0.1) is 11.3 Å². The Morgan fingerprint density at radius 2 is 1.08 bits per heavy atom. The van der Waals surface area contributed by atoms with Crippen LogP contribution < -0.4 is 85.5 Å². The smallest absolute Gasteiger partial charge is 0.409 e. The summed E-state index contributed by atoms with van der Waals surface area (Å²) < 4.78 is 7.18. The van der Waals surface area contributed by atoms with Crippen LogP contribution >= 0.6 is 27.3 Å². The van der Waals surface area contributed by atoms with Crippen LogP contribution in [0.3, 0.4) is 0 Å². The van der Waals surface area contributed by atoms with Crippen molar-refractivity contribution in [3.63, 3.8) is 0 Å². The lowest BCUT2D eigenvalue weighted by molar-refractivity contribution is -0.146. The van der Waals surface area contributed by atoms with Crippen LogP contribution in [-0.2, 0) is 122 Å². The lowest BCUT2D eigenvalue weighted by Gasteiger charge is -2.38. The molecule has 1 aromatic heterocycles. The number of halogens is 1. The summed E-state index contributed by atoms with van der Waals surface area (Å²) in [6.07, 6.45) is 0.588. The Balaban J connectivity index is 1.06. The van der Waals surface area contributed by atoms with Gasteiger partial charge in [0.25, 0.3) is 0 Å². The number of rotatable bonds is 17. The molecule has 3 saturated heterocycles. The van der Waals surface area contributed by atoms with E-state index in [0.29, 0.717) is 33.0 Å². The quantitative estimate of drug-likeness (QED) is 0.0593. The maximum atomic E-state index is 16.2. The van der Waals surface area contributed by atoms with E-state index >= 15 is 43.2 Å². The molecule has 3 bridgehead atoms. The number of hydrogen-bond donors (Lipinski definition) is 19. The summed E-state index contributed by atoms with van der Waals surface area (Å²) in [6.45, 7) is 10.1. The first kappa shape index (κ1) is 116. The van der Waals surface area contributed by atoms with Gasteiger partial charge in [0.2, 0.25) is 100 Å². The van der Waals surface area contributed by atoms with Crippen LogP contribution in [0.2, 0.25) is 0 Å². The highest BCUT2D eigenvalue weighted by molar-refractivity contribution is 9.10. The number of nitrogens with one attached hydrogen (secondary N) is 15. The number of nitrogens with two attached hydrogens (primary N) is 1. The zero-order chi connectivity index (χ0) is 109. The molecule has 0 aliphatic carbocycles. The van der Waals surface area contributed by atoms with Gasteiger partial charge in [0.05, 0.1) is 31.6 Å². The average Bonchev–Trinajstić information content (AvgIpc) is 1.64. The Labute approximate surface area is 874 Å². The topological polar surface area (TPSA) is 641 Å². The number of nitrogens with zero attached hydrogens (tertiary/aromatic N) is 2. The number of carboxylic acids is 3. The number of carboxylic acid groups (broad SMARTS) is 3. The number of likely N-dealkylation sites (tertiary alicyclic amines) is 1. The molecule has 3 fully saturated rings. The van der Waals surface area contributed by atoms with Gasteiger partial charge in [-0.05, 0) is 200 Å². The zero-order valence-corrected chi connectivity index (χ0v) is 87.0. The molecule has 43 nitrogen and oxygen atoms in total. The van der Waals surface area contributed by atoms with Crippen molar-refractivity contribution in [3.8, 4) is 0 Å². The Bertz CT molecular complexity index is 5870. The van der Waals surface area contributed by atoms with Crippen LogP contribution in [0, 0.1) is 5.41 Å². The number of ether oxygens (including phenoxy) is 1. The lowest BCUT2D eigenvalue weighted by atomic mass is 9.83. The van der Waals surface area contributed by atoms with Gasteiger partial charge in [0.1, 0.15) is 88.6 Å². The van der Waals surface area contributed by atoms with Gasteiger partial charge in [-0.2, -0.15) is 0 Å². The fourth-order valence-corrected chi connectivity index (χ4v) is 20.0. The van der Waals surface area contributed by atoms with E-state index in [-0.39, 0.29) is 153 Å². The minimum Gasteiger partial charge on any atom is -0.481 e. The van der Waals surface area contributed by atoms with Gasteiger partial charge in [0, 0.05) is 67.8 Å². The van der Waals surface area contributed by atoms with Crippen LogP contribution in [-0.4, -0.2) is 271 Å². The lowest BCUT2D eigenvalue weighted by Crippen LogP contribution is -2.66. The van der Waals surface area contributed by atoms with Crippen LogP contribution in [0.15, 0.2) is 137 Å². The van der Waals surface area contributed by atoms with E-state index < -0.39 is 257 Å². The summed E-state index contributed by atoms with van der Waals surface area (Å²) >= 11 is 4.92. The van der Waals surface area contributed by atoms with Gasteiger partial charge in [-0.3, -0.25) is 91.1 Å². The third-order valence-corrected chi connectivity index (χ3v) is 28.6. The number of fused-ring (bicyclic) bond motifs is 4. The van der Waals surface area contributed by atoms with Crippen molar-refractivity contribution >= 4 is 162 Å². The van der Waals surface area contributed by atoms with Crippen LogP contribution in [0.4, 0.5) is 4.79 Å². The molecule has 5 aromatic rings. The number of allylic oxidation sites excluding steroid dienone is 3.